The average Bonchev–Trinajstić information content (AvgIpc) is 1.99. The Labute approximate surface area is 66.9 Å². The van der Waals surface area contributed by atoms with E-state index in [-0.39, 0.29) is 5.97 Å². The predicted octanol–water partition coefficient (Wildman–Crippen LogP) is 1.85. The highest BCUT2D eigenvalue weighted by Gasteiger charge is 1.89. The van der Waals surface area contributed by atoms with Crippen molar-refractivity contribution in [1.82, 2.24) is 0 Å². The van der Waals surface area contributed by atoms with Crippen LogP contribution < -0.4 is 0 Å². The SMILES string of the molecule is C=CC=C/C=C\C(=O)OCC. The lowest BCUT2D eigenvalue weighted by molar-refractivity contribution is -0.137. The summed E-state index contributed by atoms with van der Waals surface area (Å²) in [6, 6.07) is 0. The Morgan fingerprint density at radius 1 is 1.45 bits per heavy atom. The van der Waals surface area contributed by atoms with Gasteiger partial charge in [-0.3, -0.25) is 0 Å². The molecule has 0 aliphatic rings. The third-order valence-corrected chi connectivity index (χ3v) is 0.877. The van der Waals surface area contributed by atoms with E-state index >= 15 is 0 Å². The first-order valence-corrected chi connectivity index (χ1v) is 3.43. The van der Waals surface area contributed by atoms with Crippen molar-refractivity contribution in [3.8, 4) is 0 Å². The molecule has 11 heavy (non-hydrogen) atoms. The van der Waals surface area contributed by atoms with Crippen LogP contribution in [0.2, 0.25) is 0 Å². The molecule has 0 radical (unpaired) electrons. The minimum Gasteiger partial charge on any atom is -0.463 e. The van der Waals surface area contributed by atoms with Crippen molar-refractivity contribution in [3.05, 3.63) is 37.0 Å². The fourth-order valence-corrected chi connectivity index (χ4v) is 0.467. The summed E-state index contributed by atoms with van der Waals surface area (Å²) in [7, 11) is 0. The van der Waals surface area contributed by atoms with Crippen LogP contribution in [0.4, 0.5) is 0 Å². The molecule has 0 saturated carbocycles. The smallest absolute Gasteiger partial charge is 0.330 e. The first kappa shape index (κ1) is 9.69. The van der Waals surface area contributed by atoms with Gasteiger partial charge in [0.15, 0.2) is 0 Å². The van der Waals surface area contributed by atoms with Crippen LogP contribution in [0.1, 0.15) is 6.92 Å². The number of allylic oxidation sites excluding steroid dienone is 4. The molecule has 0 amide bonds. The van der Waals surface area contributed by atoms with Crippen molar-refractivity contribution in [2.45, 2.75) is 6.92 Å². The third-order valence-electron chi connectivity index (χ3n) is 0.877. The molecule has 0 N–H and O–H groups in total. The molecule has 0 aromatic heterocycles. The van der Waals surface area contributed by atoms with E-state index in [1.165, 1.54) is 6.08 Å². The lowest BCUT2D eigenvalue weighted by atomic mass is 10.4. The molecule has 0 saturated heterocycles. The maximum absolute atomic E-state index is 10.6. The van der Waals surface area contributed by atoms with Gasteiger partial charge in [-0.2, -0.15) is 0 Å². The standard InChI is InChI=1S/C9H12O2/c1-3-5-6-7-8-9(10)11-4-2/h3,5-8H,1,4H2,2H3/b6-5?,8-7-. The van der Waals surface area contributed by atoms with Crippen molar-refractivity contribution >= 4 is 5.97 Å². The molecular formula is C9H12O2. The summed E-state index contributed by atoms with van der Waals surface area (Å²) < 4.78 is 4.64. The Hall–Kier alpha value is -1.31. The molecule has 2 heteroatoms. The zero-order valence-corrected chi connectivity index (χ0v) is 6.62. The highest BCUT2D eigenvalue weighted by atomic mass is 16.5. The van der Waals surface area contributed by atoms with Crippen LogP contribution in [0.5, 0.6) is 0 Å². The number of rotatable bonds is 4. The lowest BCUT2D eigenvalue weighted by Crippen LogP contribution is -1.98. The van der Waals surface area contributed by atoms with Gasteiger partial charge < -0.3 is 4.74 Å². The van der Waals surface area contributed by atoms with Gasteiger partial charge in [0.05, 0.1) is 6.61 Å². The highest BCUT2D eigenvalue weighted by Crippen LogP contribution is 1.82. The molecule has 60 valence electrons. The molecule has 0 fully saturated rings. The summed E-state index contributed by atoms with van der Waals surface area (Å²) >= 11 is 0. The molecule has 0 atom stereocenters. The van der Waals surface area contributed by atoms with E-state index in [2.05, 4.69) is 11.3 Å². The van der Waals surface area contributed by atoms with E-state index in [1.54, 1.807) is 31.2 Å². The zero-order valence-electron chi connectivity index (χ0n) is 6.62. The Kier molecular flexibility index (Phi) is 5.99. The first-order chi connectivity index (χ1) is 5.31. The molecule has 0 spiro atoms. The molecule has 0 aromatic carbocycles. The third kappa shape index (κ3) is 6.58. The van der Waals surface area contributed by atoms with Gasteiger partial charge >= 0.3 is 5.97 Å². The summed E-state index contributed by atoms with van der Waals surface area (Å²) in [5.74, 6) is -0.318. The van der Waals surface area contributed by atoms with Crippen molar-refractivity contribution in [1.29, 1.82) is 0 Å². The van der Waals surface area contributed by atoms with E-state index in [0.29, 0.717) is 6.61 Å². The first-order valence-electron chi connectivity index (χ1n) is 3.43. The summed E-state index contributed by atoms with van der Waals surface area (Å²) in [5, 5.41) is 0. The topological polar surface area (TPSA) is 26.3 Å². The van der Waals surface area contributed by atoms with Gasteiger partial charge in [-0.1, -0.05) is 30.9 Å². The van der Waals surface area contributed by atoms with E-state index < -0.39 is 0 Å². The normalized spacial score (nSPS) is 10.6. The van der Waals surface area contributed by atoms with E-state index in [4.69, 9.17) is 0 Å². The van der Waals surface area contributed by atoms with E-state index in [9.17, 15) is 4.79 Å². The fourth-order valence-electron chi connectivity index (χ4n) is 0.467. The fraction of sp³-hybridized carbons (Fsp3) is 0.222. The Morgan fingerprint density at radius 3 is 2.73 bits per heavy atom. The predicted molar refractivity (Wildman–Crippen MR) is 45.1 cm³/mol. The van der Waals surface area contributed by atoms with Gasteiger partial charge in [0, 0.05) is 6.08 Å². The second kappa shape index (κ2) is 6.81. The van der Waals surface area contributed by atoms with E-state index in [1.807, 2.05) is 0 Å². The van der Waals surface area contributed by atoms with Crippen LogP contribution in [0.3, 0.4) is 0 Å². The molecule has 0 rings (SSSR count). The Morgan fingerprint density at radius 2 is 2.18 bits per heavy atom. The number of esters is 1. The quantitative estimate of drug-likeness (QED) is 0.349. The summed E-state index contributed by atoms with van der Waals surface area (Å²) in [6.07, 6.45) is 8.05. The maximum atomic E-state index is 10.6. The molecule has 0 aromatic rings. The van der Waals surface area contributed by atoms with Crippen molar-refractivity contribution in [3.63, 3.8) is 0 Å². The zero-order chi connectivity index (χ0) is 8.53. The summed E-state index contributed by atoms with van der Waals surface area (Å²) in [5.41, 5.74) is 0. The minimum absolute atomic E-state index is 0.318. The van der Waals surface area contributed by atoms with Crippen LogP contribution in [0.25, 0.3) is 0 Å². The second-order valence-electron chi connectivity index (χ2n) is 1.73. The largest absolute Gasteiger partial charge is 0.463 e. The highest BCUT2D eigenvalue weighted by molar-refractivity contribution is 5.82. The number of hydrogen-bond acceptors (Lipinski definition) is 2. The van der Waals surface area contributed by atoms with Crippen LogP contribution in [-0.4, -0.2) is 12.6 Å². The average molecular weight is 152 g/mol. The monoisotopic (exact) mass is 152 g/mol. The molecular weight excluding hydrogens is 140 g/mol. The summed E-state index contributed by atoms with van der Waals surface area (Å²) in [4.78, 5) is 10.6. The molecule has 0 aliphatic heterocycles. The number of carbonyl (C=O) groups is 1. The summed E-state index contributed by atoms with van der Waals surface area (Å²) in [6.45, 7) is 5.66. The Bertz CT molecular complexity index is 178. The van der Waals surface area contributed by atoms with Gasteiger partial charge in [0.1, 0.15) is 0 Å². The second-order valence-corrected chi connectivity index (χ2v) is 1.73. The Balaban J connectivity index is 3.64. The number of ether oxygens (including phenoxy) is 1. The van der Waals surface area contributed by atoms with Gasteiger partial charge in [-0.05, 0) is 6.92 Å². The lowest BCUT2D eigenvalue weighted by Gasteiger charge is -1.92. The molecule has 2 nitrogen and oxygen atoms in total. The van der Waals surface area contributed by atoms with Crippen LogP contribution >= 0.6 is 0 Å². The van der Waals surface area contributed by atoms with Gasteiger partial charge in [0.2, 0.25) is 0 Å². The van der Waals surface area contributed by atoms with Crippen LogP contribution in [-0.2, 0) is 9.53 Å². The van der Waals surface area contributed by atoms with E-state index in [0.717, 1.165) is 0 Å². The molecule has 0 bridgehead atoms. The van der Waals surface area contributed by atoms with Crippen molar-refractivity contribution in [2.24, 2.45) is 0 Å². The number of hydrogen-bond donors (Lipinski definition) is 0. The van der Waals surface area contributed by atoms with Crippen LogP contribution in [0, 0.1) is 0 Å². The minimum atomic E-state index is -0.318. The molecule has 0 heterocycles. The number of carbonyl (C=O) groups excluding carboxylic acids is 1. The van der Waals surface area contributed by atoms with Gasteiger partial charge in [-0.15, -0.1) is 0 Å². The maximum Gasteiger partial charge on any atom is 0.330 e. The van der Waals surface area contributed by atoms with Gasteiger partial charge in [-0.25, -0.2) is 4.79 Å². The van der Waals surface area contributed by atoms with Crippen molar-refractivity contribution < 1.29 is 9.53 Å². The van der Waals surface area contributed by atoms with Crippen LogP contribution in [0.15, 0.2) is 37.0 Å². The van der Waals surface area contributed by atoms with Crippen molar-refractivity contribution in [2.75, 3.05) is 6.61 Å². The van der Waals surface area contributed by atoms with Gasteiger partial charge in [0.25, 0.3) is 0 Å². The molecule has 0 unspecified atom stereocenters. The molecule has 0 aliphatic carbocycles.